The number of nitrogens with two attached hydrogens (primary N) is 1. The number of aryl methyl sites for hydroxylation is 2. The molecule has 2 N–H and O–H groups in total. The fourth-order valence-corrected chi connectivity index (χ4v) is 4.12. The number of aromatic nitrogens is 3. The highest BCUT2D eigenvalue weighted by molar-refractivity contribution is 5.92. The summed E-state index contributed by atoms with van der Waals surface area (Å²) in [5.41, 5.74) is 9.21. The topological polar surface area (TPSA) is 82.9 Å². The first-order valence-electron chi connectivity index (χ1n) is 9.03. The standard InChI is InChI=1S/C21H18N4O2/c22-18(26)10-12-24-17-8-4-2-5-13(17)14-9-11-25-20(19(14)24)23-16-7-3-1-6-15(16)21(25)27/h1-8H,9-12H2,(H2,22,26). The summed E-state index contributed by atoms with van der Waals surface area (Å²) in [6.07, 6.45) is 0.995. The summed E-state index contributed by atoms with van der Waals surface area (Å²) >= 11 is 0. The second-order valence-electron chi connectivity index (χ2n) is 6.87. The molecule has 6 heteroatoms. The van der Waals surface area contributed by atoms with Gasteiger partial charge in [0.05, 0.1) is 16.6 Å². The number of hydrogen-bond acceptors (Lipinski definition) is 3. The lowest BCUT2D eigenvalue weighted by Gasteiger charge is -2.21. The summed E-state index contributed by atoms with van der Waals surface area (Å²) in [4.78, 5) is 29.3. The molecule has 2 aromatic carbocycles. The van der Waals surface area contributed by atoms with Gasteiger partial charge in [-0.3, -0.25) is 14.2 Å². The van der Waals surface area contributed by atoms with Gasteiger partial charge < -0.3 is 10.3 Å². The Balaban J connectivity index is 1.86. The molecule has 0 unspecified atom stereocenters. The highest BCUT2D eigenvalue weighted by atomic mass is 16.1. The number of amides is 1. The summed E-state index contributed by atoms with van der Waals surface area (Å²) in [5, 5.41) is 1.77. The number of rotatable bonds is 3. The summed E-state index contributed by atoms with van der Waals surface area (Å²) in [6, 6.07) is 15.5. The van der Waals surface area contributed by atoms with E-state index in [2.05, 4.69) is 10.6 Å². The molecule has 0 aliphatic carbocycles. The van der Waals surface area contributed by atoms with E-state index in [1.165, 1.54) is 5.56 Å². The van der Waals surface area contributed by atoms with Crippen molar-refractivity contribution in [1.82, 2.24) is 14.1 Å². The summed E-state index contributed by atoms with van der Waals surface area (Å²) in [7, 11) is 0. The average Bonchev–Trinajstić information content (AvgIpc) is 3.01. The van der Waals surface area contributed by atoms with Gasteiger partial charge >= 0.3 is 0 Å². The van der Waals surface area contributed by atoms with Crippen LogP contribution in [0.2, 0.25) is 0 Å². The molecule has 1 aliphatic heterocycles. The molecule has 3 heterocycles. The molecule has 4 aromatic rings. The van der Waals surface area contributed by atoms with Crippen molar-refractivity contribution in [2.75, 3.05) is 0 Å². The quantitative estimate of drug-likeness (QED) is 0.611. The Morgan fingerprint density at radius 1 is 1.07 bits per heavy atom. The highest BCUT2D eigenvalue weighted by Crippen LogP contribution is 2.36. The monoisotopic (exact) mass is 358 g/mol. The van der Waals surface area contributed by atoms with Crippen molar-refractivity contribution in [3.8, 4) is 11.5 Å². The number of primary amides is 1. The summed E-state index contributed by atoms with van der Waals surface area (Å²) in [5.74, 6) is 0.321. The number of nitrogens with zero attached hydrogens (tertiary/aromatic N) is 3. The first kappa shape index (κ1) is 15.8. The van der Waals surface area contributed by atoms with E-state index in [4.69, 9.17) is 10.7 Å². The van der Waals surface area contributed by atoms with Gasteiger partial charge in [0.25, 0.3) is 5.56 Å². The van der Waals surface area contributed by atoms with E-state index in [-0.39, 0.29) is 17.9 Å². The average molecular weight is 358 g/mol. The van der Waals surface area contributed by atoms with Crippen molar-refractivity contribution in [3.05, 3.63) is 64.4 Å². The van der Waals surface area contributed by atoms with E-state index in [1.54, 1.807) is 4.57 Å². The fraction of sp³-hybridized carbons (Fsp3) is 0.190. The maximum atomic E-state index is 13.0. The highest BCUT2D eigenvalue weighted by Gasteiger charge is 2.27. The van der Waals surface area contributed by atoms with Crippen LogP contribution in [0.5, 0.6) is 0 Å². The minimum absolute atomic E-state index is 0.0204. The van der Waals surface area contributed by atoms with Gasteiger partial charge in [-0.05, 0) is 30.2 Å². The molecule has 0 saturated heterocycles. The number of carbonyl (C=O) groups excluding carboxylic acids is 1. The lowest BCUT2D eigenvalue weighted by atomic mass is 10.0. The van der Waals surface area contributed by atoms with Crippen molar-refractivity contribution in [2.45, 2.75) is 25.9 Å². The minimum atomic E-state index is -0.346. The maximum Gasteiger partial charge on any atom is 0.261 e. The SMILES string of the molecule is NC(=O)CCn1c2c(c3ccccc31)CCn1c-2nc2ccccc2c1=O. The molecule has 0 saturated carbocycles. The Morgan fingerprint density at radius 2 is 1.81 bits per heavy atom. The molecule has 6 nitrogen and oxygen atoms in total. The van der Waals surface area contributed by atoms with E-state index < -0.39 is 0 Å². The molecule has 2 aromatic heterocycles. The van der Waals surface area contributed by atoms with Gasteiger partial charge in [0.1, 0.15) is 0 Å². The first-order chi connectivity index (χ1) is 13.1. The van der Waals surface area contributed by atoms with Gasteiger partial charge in [-0.15, -0.1) is 0 Å². The van der Waals surface area contributed by atoms with Crippen molar-refractivity contribution in [2.24, 2.45) is 5.73 Å². The summed E-state index contributed by atoms with van der Waals surface area (Å²) < 4.78 is 3.84. The second-order valence-corrected chi connectivity index (χ2v) is 6.87. The second kappa shape index (κ2) is 5.81. The molecule has 0 fully saturated rings. The van der Waals surface area contributed by atoms with Crippen LogP contribution in [-0.4, -0.2) is 20.0 Å². The zero-order valence-electron chi connectivity index (χ0n) is 14.7. The van der Waals surface area contributed by atoms with E-state index in [0.717, 1.165) is 23.0 Å². The van der Waals surface area contributed by atoms with E-state index in [0.29, 0.717) is 29.8 Å². The Hall–Kier alpha value is -3.41. The smallest absolute Gasteiger partial charge is 0.261 e. The molecular formula is C21H18N4O2. The number of para-hydroxylation sites is 2. The third kappa shape index (κ3) is 2.30. The van der Waals surface area contributed by atoms with Crippen molar-refractivity contribution in [1.29, 1.82) is 0 Å². The van der Waals surface area contributed by atoms with Crippen LogP contribution in [-0.2, 0) is 24.3 Å². The minimum Gasteiger partial charge on any atom is -0.370 e. The third-order valence-corrected chi connectivity index (χ3v) is 5.32. The van der Waals surface area contributed by atoms with Crippen LogP contribution in [0, 0.1) is 0 Å². The largest absolute Gasteiger partial charge is 0.370 e. The van der Waals surface area contributed by atoms with Crippen LogP contribution < -0.4 is 11.3 Å². The van der Waals surface area contributed by atoms with Gasteiger partial charge in [-0.1, -0.05) is 30.3 Å². The van der Waals surface area contributed by atoms with Gasteiger partial charge in [-0.2, -0.15) is 0 Å². The van der Waals surface area contributed by atoms with Gasteiger partial charge in [0.2, 0.25) is 5.91 Å². The predicted octanol–water partition coefficient (Wildman–Crippen LogP) is 2.45. The molecule has 0 bridgehead atoms. The van der Waals surface area contributed by atoms with Crippen LogP contribution in [0.4, 0.5) is 0 Å². The van der Waals surface area contributed by atoms with Crippen molar-refractivity contribution >= 4 is 27.7 Å². The normalized spacial score (nSPS) is 12.9. The van der Waals surface area contributed by atoms with Crippen LogP contribution >= 0.6 is 0 Å². The molecule has 0 radical (unpaired) electrons. The zero-order chi connectivity index (χ0) is 18.5. The fourth-order valence-electron chi connectivity index (χ4n) is 4.12. The third-order valence-electron chi connectivity index (χ3n) is 5.32. The van der Waals surface area contributed by atoms with Gasteiger partial charge in [0, 0.05) is 30.4 Å². The summed E-state index contributed by atoms with van der Waals surface area (Å²) in [6.45, 7) is 1.07. The molecule has 27 heavy (non-hydrogen) atoms. The maximum absolute atomic E-state index is 13.0. The molecule has 0 atom stereocenters. The molecule has 0 spiro atoms. The molecule has 5 rings (SSSR count). The van der Waals surface area contributed by atoms with Crippen molar-refractivity contribution in [3.63, 3.8) is 0 Å². The molecule has 134 valence electrons. The zero-order valence-corrected chi connectivity index (χ0v) is 14.7. The number of fused-ring (bicyclic) bond motifs is 6. The van der Waals surface area contributed by atoms with Gasteiger partial charge in [0.15, 0.2) is 5.82 Å². The molecular weight excluding hydrogens is 340 g/mol. The van der Waals surface area contributed by atoms with Crippen LogP contribution in [0.3, 0.4) is 0 Å². The molecule has 1 aliphatic rings. The van der Waals surface area contributed by atoms with Crippen LogP contribution in [0.15, 0.2) is 53.3 Å². The number of hydrogen-bond donors (Lipinski definition) is 1. The Labute approximate surface area is 154 Å². The Bertz CT molecular complexity index is 1280. The molecule has 1 amide bonds. The van der Waals surface area contributed by atoms with Gasteiger partial charge in [-0.25, -0.2) is 4.98 Å². The predicted molar refractivity (Wildman–Crippen MR) is 104 cm³/mol. The van der Waals surface area contributed by atoms with E-state index in [9.17, 15) is 9.59 Å². The Kier molecular flexibility index (Phi) is 3.40. The lowest BCUT2D eigenvalue weighted by molar-refractivity contribution is -0.118. The first-order valence-corrected chi connectivity index (χ1v) is 9.03. The van der Waals surface area contributed by atoms with E-state index >= 15 is 0 Å². The number of benzene rings is 2. The van der Waals surface area contributed by atoms with Crippen LogP contribution in [0.1, 0.15) is 12.0 Å². The van der Waals surface area contributed by atoms with Crippen molar-refractivity contribution < 1.29 is 4.79 Å². The number of carbonyl (C=O) groups is 1. The Morgan fingerprint density at radius 3 is 2.63 bits per heavy atom. The van der Waals surface area contributed by atoms with E-state index in [1.807, 2.05) is 42.5 Å². The lowest BCUT2D eigenvalue weighted by Crippen LogP contribution is -2.28. The van der Waals surface area contributed by atoms with Crippen LogP contribution in [0.25, 0.3) is 33.3 Å².